The van der Waals surface area contributed by atoms with E-state index in [2.05, 4.69) is 4.90 Å². The molecule has 1 aliphatic heterocycles. The van der Waals surface area contributed by atoms with Gasteiger partial charge in [0.2, 0.25) is 0 Å². The summed E-state index contributed by atoms with van der Waals surface area (Å²) in [6.07, 6.45) is 1.98. The second-order valence-electron chi connectivity index (χ2n) is 6.18. The lowest BCUT2D eigenvalue weighted by atomic mass is 10.2. The predicted molar refractivity (Wildman–Crippen MR) is 103 cm³/mol. The first-order chi connectivity index (χ1) is 12.5. The molecule has 1 saturated heterocycles. The van der Waals surface area contributed by atoms with Gasteiger partial charge in [-0.05, 0) is 66.5 Å². The molecule has 1 heterocycles. The first-order valence-corrected chi connectivity index (χ1v) is 9.63. The van der Waals surface area contributed by atoms with Crippen LogP contribution in [0.2, 0.25) is 5.02 Å². The fourth-order valence-corrected chi connectivity index (χ4v) is 4.11. The maximum atomic E-state index is 13.2. The summed E-state index contributed by atoms with van der Waals surface area (Å²) in [5, 5.41) is 0.359. The molecule has 1 amide bonds. The normalized spacial score (nSPS) is 17.4. The molecule has 26 heavy (non-hydrogen) atoms. The number of amides is 1. The monoisotopic (exact) mass is 394 g/mol. The van der Waals surface area contributed by atoms with Crippen LogP contribution < -0.4 is 10.5 Å². The van der Waals surface area contributed by atoms with Crippen LogP contribution in [0.3, 0.4) is 0 Å². The number of nitrogens with two attached hydrogens (primary N) is 1. The molecule has 0 spiro atoms. The minimum atomic E-state index is -0.353. The van der Waals surface area contributed by atoms with Gasteiger partial charge in [0.1, 0.15) is 18.2 Å². The van der Waals surface area contributed by atoms with Gasteiger partial charge in [0.15, 0.2) is 0 Å². The smallest absolute Gasteiger partial charge is 0.278 e. The maximum absolute atomic E-state index is 13.2. The molecule has 0 aromatic heterocycles. The molecule has 0 radical (unpaired) electrons. The molecule has 138 valence electrons. The van der Waals surface area contributed by atoms with E-state index in [4.69, 9.17) is 22.1 Å². The number of likely N-dealkylation sites (tertiary alicyclic amines) is 1. The quantitative estimate of drug-likeness (QED) is 0.765. The Morgan fingerprint density at radius 1 is 1.35 bits per heavy atom. The zero-order valence-corrected chi connectivity index (χ0v) is 15.7. The average Bonchev–Trinajstić information content (AvgIpc) is 3.01. The molecule has 2 aromatic rings. The number of hydrogen-bond acceptors (Lipinski definition) is 4. The molecule has 7 heteroatoms. The van der Waals surface area contributed by atoms with Crippen molar-refractivity contribution in [2.24, 2.45) is 5.73 Å². The van der Waals surface area contributed by atoms with E-state index >= 15 is 0 Å². The van der Waals surface area contributed by atoms with E-state index in [1.54, 1.807) is 12.1 Å². The molecule has 4 nitrogen and oxygen atoms in total. The van der Waals surface area contributed by atoms with Crippen LogP contribution in [0.1, 0.15) is 24.0 Å². The molecule has 1 fully saturated rings. The van der Waals surface area contributed by atoms with Crippen LogP contribution in [-0.4, -0.2) is 22.1 Å². The summed E-state index contributed by atoms with van der Waals surface area (Å²) in [5.74, 6) is 0.348. The van der Waals surface area contributed by atoms with Gasteiger partial charge in [-0.15, -0.1) is 0 Å². The number of ether oxygens (including phenoxy) is 1. The van der Waals surface area contributed by atoms with E-state index < -0.39 is 0 Å². The van der Waals surface area contributed by atoms with E-state index in [1.165, 1.54) is 23.9 Å². The van der Waals surface area contributed by atoms with Crippen molar-refractivity contribution < 1.29 is 13.9 Å². The highest BCUT2D eigenvalue weighted by Gasteiger charge is 2.27. The van der Waals surface area contributed by atoms with Crippen molar-refractivity contribution >= 4 is 28.6 Å². The third kappa shape index (κ3) is 5.13. The van der Waals surface area contributed by atoms with E-state index in [0.717, 1.165) is 30.5 Å². The van der Waals surface area contributed by atoms with Crippen molar-refractivity contribution in [1.29, 1.82) is 0 Å². The third-order valence-electron chi connectivity index (χ3n) is 4.25. The molecule has 2 N–H and O–H groups in total. The number of nitrogens with zero attached hydrogens (tertiary/aromatic N) is 1. The third-order valence-corrected chi connectivity index (χ3v) is 5.64. The average molecular weight is 395 g/mol. The highest BCUT2D eigenvalue weighted by atomic mass is 35.5. The van der Waals surface area contributed by atoms with Crippen molar-refractivity contribution in [1.82, 2.24) is 4.90 Å². The highest BCUT2D eigenvalue weighted by Crippen LogP contribution is 2.31. The highest BCUT2D eigenvalue weighted by molar-refractivity contribution is 8.14. The fourth-order valence-electron chi connectivity index (χ4n) is 3.00. The lowest BCUT2D eigenvalue weighted by molar-refractivity contribution is 0.265. The van der Waals surface area contributed by atoms with E-state index in [9.17, 15) is 9.18 Å². The first-order valence-electron chi connectivity index (χ1n) is 8.37. The number of halogens is 2. The fraction of sp³-hybridized carbons (Fsp3) is 0.316. The predicted octanol–water partition coefficient (Wildman–Crippen LogP) is 4.79. The molecule has 3 rings (SSSR count). The summed E-state index contributed by atoms with van der Waals surface area (Å²) < 4.78 is 18.9. The number of rotatable bonds is 6. The Balaban J connectivity index is 1.61. The van der Waals surface area contributed by atoms with E-state index in [0.29, 0.717) is 17.3 Å². The van der Waals surface area contributed by atoms with Crippen LogP contribution in [0.15, 0.2) is 42.5 Å². The van der Waals surface area contributed by atoms with Gasteiger partial charge in [-0.3, -0.25) is 9.69 Å². The first kappa shape index (κ1) is 19.0. The molecule has 1 unspecified atom stereocenters. The van der Waals surface area contributed by atoms with Crippen LogP contribution >= 0.6 is 23.4 Å². The summed E-state index contributed by atoms with van der Waals surface area (Å²) in [6.45, 7) is 1.85. The summed E-state index contributed by atoms with van der Waals surface area (Å²) in [6, 6.07) is 11.9. The number of carbonyl (C=O) groups is 1. The molecular formula is C19H20ClFN2O2S. The number of benzene rings is 2. The van der Waals surface area contributed by atoms with Gasteiger partial charge in [-0.25, -0.2) is 4.39 Å². The van der Waals surface area contributed by atoms with Gasteiger partial charge in [0.05, 0.1) is 5.37 Å². The topological polar surface area (TPSA) is 55.6 Å². The maximum Gasteiger partial charge on any atom is 0.278 e. The van der Waals surface area contributed by atoms with Crippen molar-refractivity contribution in [3.8, 4) is 5.75 Å². The van der Waals surface area contributed by atoms with Crippen molar-refractivity contribution in [3.63, 3.8) is 0 Å². The minimum Gasteiger partial charge on any atom is -0.489 e. The Labute approximate surface area is 161 Å². The minimum absolute atomic E-state index is 0.104. The number of carbonyl (C=O) groups excluding carboxylic acids is 1. The van der Waals surface area contributed by atoms with Crippen LogP contribution in [0.25, 0.3) is 0 Å². The molecule has 0 aliphatic carbocycles. The number of primary amides is 1. The van der Waals surface area contributed by atoms with Crippen molar-refractivity contribution in [2.75, 3.05) is 6.54 Å². The number of hydrogen-bond donors (Lipinski definition) is 1. The Kier molecular flexibility index (Phi) is 6.40. The standard InChI is InChI=1S/C19H20ClFN2O2S/c20-17-10-16(25-12-13-3-1-4-15(21)9-13)7-6-14(17)11-23-8-2-5-18(23)26-19(22)24/h1,3-4,6-7,9-10,18H,2,5,8,11-12H2,(H2,22,24). The van der Waals surface area contributed by atoms with Gasteiger partial charge < -0.3 is 10.5 Å². The summed E-state index contributed by atoms with van der Waals surface area (Å²) >= 11 is 7.57. The van der Waals surface area contributed by atoms with Gasteiger partial charge in [0, 0.05) is 11.6 Å². The van der Waals surface area contributed by atoms with Crippen LogP contribution in [0.5, 0.6) is 5.75 Å². The van der Waals surface area contributed by atoms with Crippen LogP contribution in [0, 0.1) is 5.82 Å². The van der Waals surface area contributed by atoms with Crippen LogP contribution in [-0.2, 0) is 13.2 Å². The Morgan fingerprint density at radius 2 is 2.19 bits per heavy atom. The van der Waals surface area contributed by atoms with Gasteiger partial charge in [-0.2, -0.15) is 0 Å². The molecule has 1 atom stereocenters. The molecular weight excluding hydrogens is 375 g/mol. The van der Waals surface area contributed by atoms with Crippen molar-refractivity contribution in [2.45, 2.75) is 31.4 Å². The molecule has 0 saturated carbocycles. The zero-order chi connectivity index (χ0) is 18.5. The molecule has 1 aliphatic rings. The lowest BCUT2D eigenvalue weighted by Gasteiger charge is -2.23. The Bertz CT molecular complexity index is 790. The number of thioether (sulfide) groups is 1. The molecule has 0 bridgehead atoms. The van der Waals surface area contributed by atoms with E-state index in [1.807, 2.05) is 18.2 Å². The Hall–Kier alpha value is -1.76. The van der Waals surface area contributed by atoms with Gasteiger partial charge in [0.25, 0.3) is 5.24 Å². The summed E-state index contributed by atoms with van der Waals surface area (Å²) in [5.41, 5.74) is 7.03. The summed E-state index contributed by atoms with van der Waals surface area (Å²) in [4.78, 5) is 13.4. The van der Waals surface area contributed by atoms with Crippen molar-refractivity contribution in [3.05, 3.63) is 64.4 Å². The zero-order valence-electron chi connectivity index (χ0n) is 14.2. The largest absolute Gasteiger partial charge is 0.489 e. The Morgan fingerprint density at radius 3 is 2.92 bits per heavy atom. The molecule has 2 aromatic carbocycles. The lowest BCUT2D eigenvalue weighted by Crippen LogP contribution is -2.28. The summed E-state index contributed by atoms with van der Waals surface area (Å²) in [7, 11) is 0. The van der Waals surface area contributed by atoms with E-state index in [-0.39, 0.29) is 23.0 Å². The van der Waals surface area contributed by atoms with Gasteiger partial charge >= 0.3 is 0 Å². The second kappa shape index (κ2) is 8.75. The second-order valence-corrected chi connectivity index (χ2v) is 7.77. The van der Waals surface area contributed by atoms with Gasteiger partial charge in [-0.1, -0.05) is 29.8 Å². The van der Waals surface area contributed by atoms with Crippen LogP contribution in [0.4, 0.5) is 9.18 Å². The SMILES string of the molecule is NC(=O)SC1CCCN1Cc1ccc(OCc2cccc(F)c2)cc1Cl.